The molecule has 1 heterocycles. The zero-order valence-corrected chi connectivity index (χ0v) is 23.8. The Morgan fingerprint density at radius 2 is 1.46 bits per heavy atom. The Balaban J connectivity index is 2.80. The van der Waals surface area contributed by atoms with E-state index in [4.69, 9.17) is 44.8 Å². The molecule has 39 heavy (non-hydrogen) atoms. The Kier molecular flexibility index (Phi) is 10.5. The minimum Gasteiger partial charge on any atom is -0.463 e. The fraction of sp³-hybridized carbons (Fsp3) is 0.577. The lowest BCUT2D eigenvalue weighted by molar-refractivity contribution is -0.367. The van der Waals surface area contributed by atoms with Crippen molar-refractivity contribution in [2.24, 2.45) is 0 Å². The van der Waals surface area contributed by atoms with Crippen LogP contribution in [0, 0.1) is 0 Å². The Labute approximate surface area is 231 Å². The number of benzene rings is 1. The minimum atomic E-state index is -2.07. The highest BCUT2D eigenvalue weighted by Gasteiger charge is 2.61. The van der Waals surface area contributed by atoms with Crippen LogP contribution in [0.4, 0.5) is 0 Å². The van der Waals surface area contributed by atoms with Crippen LogP contribution >= 0.6 is 11.6 Å². The van der Waals surface area contributed by atoms with Crippen molar-refractivity contribution in [2.45, 2.75) is 84.3 Å². The summed E-state index contributed by atoms with van der Waals surface area (Å²) in [6.45, 7) is 9.05. The van der Waals surface area contributed by atoms with Gasteiger partial charge in [0.25, 0.3) is 0 Å². The van der Waals surface area contributed by atoms with Crippen molar-refractivity contribution in [3.63, 3.8) is 0 Å². The zero-order chi connectivity index (χ0) is 29.7. The maximum Gasteiger partial charge on any atom is 0.340 e. The standard InChI is InChI=1S/C26H33ClO12/c1-13(28)34-12-20-21(35-14(2)29)22(36-15(3)30)23(37-16(4)31)26(33-8,38-20)17-9-10-19(27)18(11-17)24(32)39-25(5,6)7/h9-11,20-23H,12H2,1-8H3/t20-,21-,22+,23-,26?/m1/s1. The van der Waals surface area contributed by atoms with Gasteiger partial charge in [0.05, 0.1) is 10.6 Å². The highest BCUT2D eigenvalue weighted by atomic mass is 35.5. The molecule has 0 bridgehead atoms. The summed E-state index contributed by atoms with van der Waals surface area (Å²) in [5, 5.41) is 0.0462. The first-order valence-corrected chi connectivity index (χ1v) is 12.3. The van der Waals surface area contributed by atoms with E-state index in [-0.39, 0.29) is 16.1 Å². The molecular weight excluding hydrogens is 540 g/mol. The van der Waals surface area contributed by atoms with Crippen molar-refractivity contribution in [2.75, 3.05) is 13.7 Å². The highest BCUT2D eigenvalue weighted by molar-refractivity contribution is 6.33. The van der Waals surface area contributed by atoms with Gasteiger partial charge in [-0.3, -0.25) is 19.2 Å². The second kappa shape index (κ2) is 12.8. The highest BCUT2D eigenvalue weighted by Crippen LogP contribution is 2.44. The van der Waals surface area contributed by atoms with Crippen LogP contribution in [0.2, 0.25) is 5.02 Å². The molecule has 216 valence electrons. The Morgan fingerprint density at radius 1 is 0.897 bits per heavy atom. The summed E-state index contributed by atoms with van der Waals surface area (Å²) >= 11 is 6.31. The number of methoxy groups -OCH3 is 1. The summed E-state index contributed by atoms with van der Waals surface area (Å²) in [6, 6.07) is 4.14. The number of carbonyl (C=O) groups is 5. The van der Waals surface area contributed by atoms with Crippen LogP contribution in [-0.2, 0) is 58.1 Å². The molecule has 0 radical (unpaired) electrons. The van der Waals surface area contributed by atoms with Crippen LogP contribution in [0.1, 0.15) is 64.4 Å². The molecule has 0 aromatic heterocycles. The molecule has 1 fully saturated rings. The Bertz CT molecular complexity index is 1110. The second-order valence-electron chi connectivity index (χ2n) is 9.71. The Hall–Kier alpha value is -3.22. The predicted octanol–water partition coefficient (Wildman–Crippen LogP) is 2.85. The number of carbonyl (C=O) groups excluding carboxylic acids is 5. The number of hydrogen-bond acceptors (Lipinski definition) is 12. The maximum atomic E-state index is 12.9. The molecule has 12 nitrogen and oxygen atoms in total. The number of rotatable bonds is 8. The van der Waals surface area contributed by atoms with E-state index in [1.165, 1.54) is 25.3 Å². The van der Waals surface area contributed by atoms with Gasteiger partial charge in [0.1, 0.15) is 18.3 Å². The van der Waals surface area contributed by atoms with E-state index in [0.717, 1.165) is 27.7 Å². The van der Waals surface area contributed by atoms with Gasteiger partial charge in [-0.25, -0.2) is 4.79 Å². The molecule has 1 aromatic carbocycles. The third-order valence-corrected chi connectivity index (χ3v) is 5.66. The average molecular weight is 573 g/mol. The van der Waals surface area contributed by atoms with Gasteiger partial charge in [-0.1, -0.05) is 17.7 Å². The molecule has 1 aromatic rings. The second-order valence-corrected chi connectivity index (χ2v) is 10.1. The summed E-state index contributed by atoms with van der Waals surface area (Å²) in [5.74, 6) is -5.91. The van der Waals surface area contributed by atoms with E-state index in [1.807, 2.05) is 0 Å². The molecule has 1 aliphatic heterocycles. The fourth-order valence-corrected chi connectivity index (χ4v) is 4.21. The van der Waals surface area contributed by atoms with Gasteiger partial charge in [0.2, 0.25) is 11.9 Å². The number of ether oxygens (including phenoxy) is 7. The maximum absolute atomic E-state index is 12.9. The summed E-state index contributed by atoms with van der Waals surface area (Å²) in [5.41, 5.74) is -0.801. The van der Waals surface area contributed by atoms with E-state index < -0.39 is 72.3 Å². The van der Waals surface area contributed by atoms with E-state index in [9.17, 15) is 24.0 Å². The summed E-state index contributed by atoms with van der Waals surface area (Å²) in [7, 11) is 1.22. The van der Waals surface area contributed by atoms with Gasteiger partial charge in [0.15, 0.2) is 12.2 Å². The van der Waals surface area contributed by atoms with Gasteiger partial charge in [0, 0.05) is 40.4 Å². The van der Waals surface area contributed by atoms with Crippen LogP contribution in [0.5, 0.6) is 0 Å². The lowest BCUT2D eigenvalue weighted by Crippen LogP contribution is -2.67. The topological polar surface area (TPSA) is 150 Å². The summed E-state index contributed by atoms with van der Waals surface area (Å²) in [6.07, 6.45) is -5.75. The van der Waals surface area contributed by atoms with E-state index in [1.54, 1.807) is 20.8 Å². The number of hydrogen-bond donors (Lipinski definition) is 0. The van der Waals surface area contributed by atoms with E-state index in [2.05, 4.69) is 0 Å². The SMILES string of the molecule is COC1(c2ccc(Cl)c(C(=O)OC(C)(C)C)c2)O[C@H](COC(C)=O)[C@@H](OC(C)=O)[C@H](OC(C)=O)[C@H]1OC(C)=O. The number of halogens is 1. The zero-order valence-electron chi connectivity index (χ0n) is 23.0. The molecule has 13 heteroatoms. The molecular formula is C26H33ClO12. The quantitative estimate of drug-likeness (QED) is 0.333. The largest absolute Gasteiger partial charge is 0.463 e. The predicted molar refractivity (Wildman–Crippen MR) is 133 cm³/mol. The van der Waals surface area contributed by atoms with Crippen molar-refractivity contribution in [3.05, 3.63) is 34.3 Å². The van der Waals surface area contributed by atoms with Crippen molar-refractivity contribution in [1.29, 1.82) is 0 Å². The van der Waals surface area contributed by atoms with Crippen LogP contribution in [0.15, 0.2) is 18.2 Å². The van der Waals surface area contributed by atoms with Gasteiger partial charge in [-0.15, -0.1) is 0 Å². The van der Waals surface area contributed by atoms with Crippen molar-refractivity contribution in [1.82, 2.24) is 0 Å². The molecule has 0 amide bonds. The van der Waals surface area contributed by atoms with Gasteiger partial charge in [-0.2, -0.15) is 0 Å². The third kappa shape index (κ3) is 8.13. The molecule has 2 rings (SSSR count). The molecule has 0 saturated carbocycles. The average Bonchev–Trinajstić information content (AvgIpc) is 2.79. The minimum absolute atomic E-state index is 0.0462. The first kappa shape index (κ1) is 32.0. The van der Waals surface area contributed by atoms with Gasteiger partial charge in [-0.05, 0) is 32.9 Å². The van der Waals surface area contributed by atoms with Crippen LogP contribution in [0.25, 0.3) is 0 Å². The summed E-state index contributed by atoms with van der Waals surface area (Å²) < 4.78 is 39.0. The Morgan fingerprint density at radius 3 is 1.95 bits per heavy atom. The van der Waals surface area contributed by atoms with Crippen molar-refractivity contribution in [3.8, 4) is 0 Å². The molecule has 1 saturated heterocycles. The lowest BCUT2D eigenvalue weighted by Gasteiger charge is -2.50. The molecule has 1 aliphatic rings. The lowest BCUT2D eigenvalue weighted by atomic mass is 9.86. The van der Waals surface area contributed by atoms with Crippen LogP contribution < -0.4 is 0 Å². The van der Waals surface area contributed by atoms with Crippen molar-refractivity contribution >= 4 is 41.4 Å². The fourth-order valence-electron chi connectivity index (χ4n) is 4.01. The first-order chi connectivity index (χ1) is 18.0. The van der Waals surface area contributed by atoms with Gasteiger partial charge < -0.3 is 33.2 Å². The number of esters is 5. The molecule has 0 aliphatic carbocycles. The molecule has 5 atom stereocenters. The van der Waals surface area contributed by atoms with Crippen LogP contribution in [0.3, 0.4) is 0 Å². The smallest absolute Gasteiger partial charge is 0.340 e. The van der Waals surface area contributed by atoms with E-state index in [0.29, 0.717) is 0 Å². The molecule has 1 unspecified atom stereocenters. The monoisotopic (exact) mass is 572 g/mol. The van der Waals surface area contributed by atoms with Gasteiger partial charge >= 0.3 is 29.8 Å². The van der Waals surface area contributed by atoms with Crippen molar-refractivity contribution < 1.29 is 57.1 Å². The molecule has 0 spiro atoms. The third-order valence-electron chi connectivity index (χ3n) is 5.33. The van der Waals surface area contributed by atoms with E-state index >= 15 is 0 Å². The molecule has 0 N–H and O–H groups in total. The summed E-state index contributed by atoms with van der Waals surface area (Å²) in [4.78, 5) is 60.9. The first-order valence-electron chi connectivity index (χ1n) is 11.9. The van der Waals surface area contributed by atoms with Crippen LogP contribution in [-0.4, -0.2) is 73.6 Å². The normalized spacial score (nSPS) is 24.7.